The number of alkyl carbamates (subject to hydrolysis) is 1. The summed E-state index contributed by atoms with van der Waals surface area (Å²) in [6.45, 7) is 0.0850. The lowest BCUT2D eigenvalue weighted by Gasteiger charge is -2.31. The summed E-state index contributed by atoms with van der Waals surface area (Å²) in [5.41, 5.74) is 1.80. The second-order valence-corrected chi connectivity index (χ2v) is 11.7. The van der Waals surface area contributed by atoms with Crippen LogP contribution in [0.5, 0.6) is 0 Å². The maximum atomic E-state index is 13.8. The van der Waals surface area contributed by atoms with Crippen molar-refractivity contribution in [3.63, 3.8) is 0 Å². The number of nitrogens with zero attached hydrogens (tertiary/aromatic N) is 3. The van der Waals surface area contributed by atoms with Crippen LogP contribution in [0.4, 0.5) is 4.79 Å². The fraction of sp³-hybridized carbons (Fsp3) is 0.500. The fourth-order valence-corrected chi connectivity index (χ4v) is 6.08. The maximum Gasteiger partial charge on any atom is 0.407 e. The highest BCUT2D eigenvalue weighted by atomic mass is 32.2. The van der Waals surface area contributed by atoms with Gasteiger partial charge in [0.05, 0.1) is 48.4 Å². The Balaban J connectivity index is 1.37. The molecule has 1 aromatic heterocycles. The number of amides is 1. The summed E-state index contributed by atoms with van der Waals surface area (Å²) in [7, 11) is -4.22. The number of hydrogen-bond acceptors (Lipinski definition) is 10. The number of carbonyl (C=O) groups excluding carboxylic acids is 1. The number of aromatic nitrogens is 3. The third kappa shape index (κ3) is 7.13. The zero-order chi connectivity index (χ0) is 28.0. The van der Waals surface area contributed by atoms with E-state index in [9.17, 15) is 18.3 Å². The number of nitrogens with one attached hydrogen (secondary N) is 2. The number of benzene rings is 2. The first-order chi connectivity index (χ1) is 19.4. The molecule has 3 aromatic rings. The molecule has 5 rings (SSSR count). The van der Waals surface area contributed by atoms with Gasteiger partial charge in [-0.3, -0.25) is 9.94 Å². The summed E-state index contributed by atoms with van der Waals surface area (Å²) < 4.78 is 44.1. The highest BCUT2D eigenvalue weighted by Gasteiger charge is 2.35. The highest BCUT2D eigenvalue weighted by Crippen LogP contribution is 2.27. The summed E-state index contributed by atoms with van der Waals surface area (Å²) in [6, 6.07) is 12.7. The number of aliphatic hydroxyl groups excluding tert-OH is 1. The molecule has 1 amide bonds. The fourth-order valence-electron chi connectivity index (χ4n) is 4.76. The molecule has 14 heteroatoms. The number of sulfonamides is 1. The lowest BCUT2D eigenvalue weighted by Crippen LogP contribution is -2.52. The van der Waals surface area contributed by atoms with Gasteiger partial charge >= 0.3 is 6.09 Å². The summed E-state index contributed by atoms with van der Waals surface area (Å²) in [4.78, 5) is 18.7. The molecule has 2 aliphatic rings. The van der Waals surface area contributed by atoms with Gasteiger partial charge in [-0.1, -0.05) is 52.9 Å². The number of ether oxygens (including phenoxy) is 3. The predicted molar refractivity (Wildman–Crippen MR) is 141 cm³/mol. The Labute approximate surface area is 231 Å². The van der Waals surface area contributed by atoms with E-state index in [0.29, 0.717) is 23.9 Å². The van der Waals surface area contributed by atoms with E-state index in [2.05, 4.69) is 20.7 Å². The number of hydroxylamine groups is 1. The van der Waals surface area contributed by atoms with Gasteiger partial charge in [0.15, 0.2) is 6.10 Å². The molecule has 0 radical (unpaired) electrons. The first kappa shape index (κ1) is 28.4. The third-order valence-corrected chi connectivity index (χ3v) is 8.50. The van der Waals surface area contributed by atoms with Crippen LogP contribution in [-0.4, -0.2) is 90.4 Å². The van der Waals surface area contributed by atoms with Crippen LogP contribution in [0.25, 0.3) is 11.0 Å². The minimum absolute atomic E-state index is 0.0524. The third-order valence-electron chi connectivity index (χ3n) is 6.88. The van der Waals surface area contributed by atoms with Crippen LogP contribution in [0.1, 0.15) is 31.2 Å². The Morgan fingerprint density at radius 2 is 1.88 bits per heavy atom. The minimum Gasteiger partial charge on any atom is -0.441 e. The van der Waals surface area contributed by atoms with Gasteiger partial charge in [-0.25, -0.2) is 13.2 Å². The van der Waals surface area contributed by atoms with Gasteiger partial charge in [-0.15, -0.1) is 5.10 Å². The van der Waals surface area contributed by atoms with Crippen molar-refractivity contribution < 1.29 is 37.4 Å². The molecular formula is C26H33N5O8S. The van der Waals surface area contributed by atoms with Crippen molar-refractivity contribution in [2.45, 2.75) is 61.4 Å². The molecule has 40 heavy (non-hydrogen) atoms. The van der Waals surface area contributed by atoms with Gasteiger partial charge < -0.3 is 24.6 Å². The number of aliphatic hydroxyl groups is 1. The lowest BCUT2D eigenvalue weighted by molar-refractivity contribution is -0.153. The van der Waals surface area contributed by atoms with Gasteiger partial charge in [0.25, 0.3) is 10.0 Å². The van der Waals surface area contributed by atoms with Gasteiger partial charge in [-0.05, 0) is 43.0 Å². The van der Waals surface area contributed by atoms with E-state index >= 15 is 0 Å². The molecule has 0 spiro atoms. The second kappa shape index (κ2) is 13.0. The number of H-pyrrole nitrogens is 1. The van der Waals surface area contributed by atoms with Crippen molar-refractivity contribution in [2.24, 2.45) is 0 Å². The average Bonchev–Trinajstić information content (AvgIpc) is 3.65. The van der Waals surface area contributed by atoms with Crippen LogP contribution in [0.15, 0.2) is 53.4 Å². The van der Waals surface area contributed by atoms with Crippen molar-refractivity contribution in [2.75, 3.05) is 26.6 Å². The number of hydrogen-bond donors (Lipinski definition) is 3. The molecule has 2 heterocycles. The number of fused-ring (bicyclic) bond motifs is 1. The van der Waals surface area contributed by atoms with Crippen molar-refractivity contribution >= 4 is 27.1 Å². The molecule has 13 nitrogen and oxygen atoms in total. The van der Waals surface area contributed by atoms with E-state index in [1.807, 2.05) is 30.3 Å². The average molecular weight is 576 g/mol. The van der Waals surface area contributed by atoms with Crippen LogP contribution < -0.4 is 5.32 Å². The zero-order valence-corrected chi connectivity index (χ0v) is 22.7. The molecule has 2 fully saturated rings. The van der Waals surface area contributed by atoms with E-state index in [0.717, 1.165) is 22.9 Å². The van der Waals surface area contributed by atoms with E-state index in [-0.39, 0.29) is 37.4 Å². The molecule has 1 saturated heterocycles. The summed E-state index contributed by atoms with van der Waals surface area (Å²) in [6.07, 6.45) is 0.431. The molecule has 2 atom stereocenters. The first-order valence-corrected chi connectivity index (χ1v) is 14.7. The van der Waals surface area contributed by atoms with Crippen molar-refractivity contribution in [3.05, 3.63) is 54.1 Å². The van der Waals surface area contributed by atoms with Crippen molar-refractivity contribution in [1.29, 1.82) is 0 Å². The number of rotatable bonds is 11. The predicted octanol–water partition coefficient (Wildman–Crippen LogP) is 1.89. The normalized spacial score (nSPS) is 18.6. The van der Waals surface area contributed by atoms with Crippen molar-refractivity contribution in [1.82, 2.24) is 25.2 Å². The van der Waals surface area contributed by atoms with Crippen LogP contribution in [0.2, 0.25) is 0 Å². The van der Waals surface area contributed by atoms with Gasteiger partial charge in [0.1, 0.15) is 12.3 Å². The summed E-state index contributed by atoms with van der Waals surface area (Å²) in [5, 5.41) is 24.4. The standard InChI is InChI=1S/C26H33N5O8S/c32-25(24(12-18-6-2-1-3-7-18)27-26(33)38-20-15-36-17-37-16-20)14-31(39-19-8-4-5-9-19)40(34,35)21-10-11-22-23(13-21)29-30-28-22/h1-3,6-7,10-11,13,19-20,24-25,32H,4-5,8-9,12,14-17H2,(H,27,33)(H,28,29,30)/t24-,25+/m0/s1. The maximum absolute atomic E-state index is 13.8. The van der Waals surface area contributed by atoms with E-state index < -0.39 is 40.9 Å². The van der Waals surface area contributed by atoms with Gasteiger partial charge in [0, 0.05) is 0 Å². The Kier molecular flexibility index (Phi) is 9.24. The Hall–Kier alpha value is -3.14. The van der Waals surface area contributed by atoms with Gasteiger partial charge in [-0.2, -0.15) is 0 Å². The highest BCUT2D eigenvalue weighted by molar-refractivity contribution is 7.89. The molecular weight excluding hydrogens is 542 g/mol. The minimum atomic E-state index is -4.22. The smallest absolute Gasteiger partial charge is 0.407 e. The molecule has 1 aliphatic carbocycles. The molecule has 0 unspecified atom stereocenters. The van der Waals surface area contributed by atoms with E-state index in [1.165, 1.54) is 12.1 Å². The van der Waals surface area contributed by atoms with E-state index in [1.54, 1.807) is 6.07 Å². The number of aromatic amines is 1. The molecule has 216 valence electrons. The molecule has 1 saturated carbocycles. The summed E-state index contributed by atoms with van der Waals surface area (Å²) in [5.74, 6) is 0. The molecule has 2 aromatic carbocycles. The van der Waals surface area contributed by atoms with Gasteiger partial charge in [0.2, 0.25) is 0 Å². The Morgan fingerprint density at radius 1 is 1.12 bits per heavy atom. The monoisotopic (exact) mass is 575 g/mol. The number of carbonyl (C=O) groups is 1. The molecule has 3 N–H and O–H groups in total. The van der Waals surface area contributed by atoms with Crippen molar-refractivity contribution in [3.8, 4) is 0 Å². The van der Waals surface area contributed by atoms with Crippen LogP contribution >= 0.6 is 0 Å². The Morgan fingerprint density at radius 3 is 2.62 bits per heavy atom. The molecule has 1 aliphatic heterocycles. The van der Waals surface area contributed by atoms with Crippen LogP contribution in [0, 0.1) is 0 Å². The SMILES string of the molecule is O=C(N[C@@H](Cc1ccccc1)[C@H](O)CN(OC1CCCC1)S(=O)(=O)c1ccc2[nH]nnc2c1)OC1COCOC1. The van der Waals surface area contributed by atoms with Crippen LogP contribution in [-0.2, 0) is 35.5 Å². The summed E-state index contributed by atoms with van der Waals surface area (Å²) >= 11 is 0. The zero-order valence-electron chi connectivity index (χ0n) is 21.8. The largest absolute Gasteiger partial charge is 0.441 e. The lowest BCUT2D eigenvalue weighted by atomic mass is 10.0. The molecule has 0 bridgehead atoms. The second-order valence-electron chi connectivity index (χ2n) is 9.89. The quantitative estimate of drug-likeness (QED) is 0.288. The first-order valence-electron chi connectivity index (χ1n) is 13.2. The Bertz CT molecular complexity index is 1360. The topological polar surface area (TPSA) is 165 Å². The van der Waals surface area contributed by atoms with E-state index in [4.69, 9.17) is 19.0 Å². The van der Waals surface area contributed by atoms with Crippen LogP contribution in [0.3, 0.4) is 0 Å².